The summed E-state index contributed by atoms with van der Waals surface area (Å²) in [6.07, 6.45) is 0.830. The number of hydrogen-bond acceptors (Lipinski definition) is 38. The highest BCUT2D eigenvalue weighted by atomic mass is 31.2. The van der Waals surface area contributed by atoms with E-state index in [9.17, 15) is 104 Å². The Kier molecular flexibility index (Phi) is 62.3. The van der Waals surface area contributed by atoms with Crippen molar-refractivity contribution < 1.29 is 211 Å². The SMILES string of the molecule is CCC(CO)COP(=O)([O-])OCCOP(=O)([O-])OCC(CC)COP(=O)([O-])OCCOP(=O)([O-])OCC(CC)COP(=O)([O-])O.CCOP(=O)([O-])O.CCOP(=O)([O-])O.CCOP(=O)([O-])O.CCOP(=O)([O-])O.CCOP(=O)([O-])O.CCOP(=O)([O-])O. The van der Waals surface area contributed by atoms with Gasteiger partial charge in [0.25, 0.3) is 86.0 Å². The lowest BCUT2D eigenvalue weighted by Gasteiger charge is -2.29. The van der Waals surface area contributed by atoms with Gasteiger partial charge in [0, 0.05) is 24.4 Å². The van der Waals surface area contributed by atoms with E-state index in [1.165, 1.54) is 41.5 Å². The Balaban J connectivity index is -0.000000240. The highest BCUT2D eigenvalue weighted by Gasteiger charge is 2.21. The number of hydrogen-bond donors (Lipinski definition) is 8. The van der Waals surface area contributed by atoms with Crippen molar-refractivity contribution in [3.63, 3.8) is 0 Å². The predicted molar refractivity (Wildman–Crippen MR) is 271 cm³/mol. The summed E-state index contributed by atoms with van der Waals surface area (Å²) in [5.74, 6) is -1.99. The van der Waals surface area contributed by atoms with E-state index in [1.54, 1.807) is 20.8 Å². The maximum atomic E-state index is 12.0. The van der Waals surface area contributed by atoms with Crippen molar-refractivity contribution in [2.45, 2.75) is 81.6 Å². The van der Waals surface area contributed by atoms with Crippen LogP contribution in [0.5, 0.6) is 0 Å². The molecular weight excluding hydrogens is 1430 g/mol. The van der Waals surface area contributed by atoms with Gasteiger partial charge in [0.15, 0.2) is 0 Å². The van der Waals surface area contributed by atoms with Crippen LogP contribution >= 0.6 is 86.0 Å². The predicted octanol–water partition coefficient (Wildman–Crippen LogP) is -3.56. The molecule has 0 rings (SSSR count). The van der Waals surface area contributed by atoms with Gasteiger partial charge in [-0.3, -0.25) is 50.2 Å². The van der Waals surface area contributed by atoms with Gasteiger partial charge in [-0.05, 0) is 60.8 Å². The van der Waals surface area contributed by atoms with Crippen molar-refractivity contribution in [2.24, 2.45) is 17.8 Å². The highest BCUT2D eigenvalue weighted by Crippen LogP contribution is 2.44. The first-order valence-corrected chi connectivity index (χ1v) is 40.2. The Morgan fingerprint density at radius 1 is 0.253 bits per heavy atom. The molecule has 8 N–H and O–H groups in total. The van der Waals surface area contributed by atoms with Gasteiger partial charge in [-0.15, -0.1) is 0 Å². The van der Waals surface area contributed by atoms with Gasteiger partial charge in [0.1, 0.15) is 0 Å². The van der Waals surface area contributed by atoms with Gasteiger partial charge in [-0.1, -0.05) is 20.8 Å². The monoisotopic (exact) mass is 1510 g/mol. The second kappa shape index (κ2) is 53.3. The summed E-state index contributed by atoms with van der Waals surface area (Å²) >= 11 is 0. The fourth-order valence-corrected chi connectivity index (χ4v) is 9.00. The first-order valence-electron chi connectivity index (χ1n) is 23.8. The van der Waals surface area contributed by atoms with Crippen LogP contribution in [0.25, 0.3) is 0 Å². The van der Waals surface area contributed by atoms with Gasteiger partial charge in [-0.25, -0.2) is 0 Å². The quantitative estimate of drug-likeness (QED) is 0.0217. The van der Waals surface area contributed by atoms with Gasteiger partial charge in [-0.2, -0.15) is 0 Å². The van der Waals surface area contributed by atoms with E-state index in [0.29, 0.717) is 6.42 Å². The molecule has 14 unspecified atom stereocenters. The molecule has 45 nitrogen and oxygen atoms in total. The van der Waals surface area contributed by atoms with Crippen LogP contribution in [-0.4, -0.2) is 145 Å². The second-order valence-corrected chi connectivity index (χ2v) is 28.4. The van der Waals surface area contributed by atoms with E-state index in [-0.39, 0.29) is 65.7 Å². The fourth-order valence-electron chi connectivity index (χ4n) is 3.58. The third-order valence-corrected chi connectivity index (χ3v) is 15.1. The molecule has 0 aromatic rings. The summed E-state index contributed by atoms with van der Waals surface area (Å²) in [7, 11) is -51.2. The van der Waals surface area contributed by atoms with Crippen molar-refractivity contribution in [2.75, 3.05) is 106 Å². The van der Waals surface area contributed by atoms with Crippen molar-refractivity contribution in [1.82, 2.24) is 0 Å². The summed E-state index contributed by atoms with van der Waals surface area (Å²) in [6.45, 7) is 7.53. The number of phosphoric ester groups is 11. The van der Waals surface area contributed by atoms with E-state index < -0.39 is 157 Å². The molecule has 0 saturated carbocycles. The lowest BCUT2D eigenvalue weighted by Crippen LogP contribution is -2.21. The average Bonchev–Trinajstić information content (AvgIpc) is 3.34. The third-order valence-electron chi connectivity index (χ3n) is 7.25. The number of phosphoric acid groups is 11. The van der Waals surface area contributed by atoms with Crippen LogP contribution in [0, 0.1) is 17.8 Å². The van der Waals surface area contributed by atoms with E-state index in [4.69, 9.17) is 39.4 Å². The van der Waals surface area contributed by atoms with Gasteiger partial charge in [0.05, 0.1) is 99.1 Å². The van der Waals surface area contributed by atoms with E-state index in [0.717, 1.165) is 0 Å². The smallest absolute Gasteiger partial charge is 0.267 e. The summed E-state index contributed by atoms with van der Waals surface area (Å²) in [4.78, 5) is 171. The van der Waals surface area contributed by atoms with Crippen molar-refractivity contribution in [3.8, 4) is 0 Å². The standard InChI is InChI=1S/C19H45O21P5.6C2H7O4P/c1-4-17(11-20)12-37-42(24,25)32-7-8-34-44(28,29)39-15-19(6-3)16-40-45(30,31)35-10-9-33-43(26,27)38-14-18(5-2)13-36-41(21,22)23;6*1-2-6-7(3,4)5/h17-20H,4-16H2,1-3H3,(H,24,25)(H,26,27)(H,28,29)(H,30,31)(H2,21,22,23);6*2H2,1H3,(H2,3,4,5)/p-11. The van der Waals surface area contributed by atoms with Crippen LogP contribution in [0.3, 0.4) is 0 Å². The average molecular weight is 1510 g/mol. The van der Waals surface area contributed by atoms with Crippen molar-refractivity contribution in [3.05, 3.63) is 0 Å². The molecule has 536 valence electrons. The molecule has 0 aromatic heterocycles. The molecule has 56 heteroatoms. The number of aliphatic hydroxyl groups excluding tert-OH is 1. The molecular formula is C31H76O45P11-11. The van der Waals surface area contributed by atoms with Crippen molar-refractivity contribution in [1.29, 1.82) is 0 Å². The Morgan fingerprint density at radius 3 is 0.517 bits per heavy atom. The molecule has 0 radical (unpaired) electrons. The molecule has 0 aliphatic rings. The van der Waals surface area contributed by atoms with Crippen molar-refractivity contribution >= 4 is 86.0 Å². The van der Waals surface area contributed by atoms with Crippen LogP contribution in [0.4, 0.5) is 0 Å². The third kappa shape index (κ3) is 96.0. The Hall–Kier alpha value is 1.17. The zero-order chi connectivity index (χ0) is 70.3. The van der Waals surface area contributed by atoms with E-state index in [1.807, 2.05) is 0 Å². The molecule has 0 spiro atoms. The maximum absolute atomic E-state index is 12.0. The first kappa shape index (κ1) is 102. The minimum absolute atomic E-state index is 0.0166. The molecule has 0 aliphatic heterocycles. The van der Waals surface area contributed by atoms with Crippen LogP contribution in [0.15, 0.2) is 0 Å². The van der Waals surface area contributed by atoms with E-state index >= 15 is 0 Å². The molecule has 87 heavy (non-hydrogen) atoms. The van der Waals surface area contributed by atoms with Gasteiger partial charge >= 0.3 is 0 Å². The maximum Gasteiger partial charge on any atom is 0.267 e. The van der Waals surface area contributed by atoms with Crippen LogP contribution < -0.4 is 53.8 Å². The Morgan fingerprint density at radius 2 is 0.402 bits per heavy atom. The normalized spacial score (nSPS) is 19.9. The lowest BCUT2D eigenvalue weighted by molar-refractivity contribution is -0.236. The summed E-state index contributed by atoms with van der Waals surface area (Å²) in [5, 5.41) is 9.04. The molecule has 0 saturated heterocycles. The molecule has 14 atom stereocenters. The zero-order valence-corrected chi connectivity index (χ0v) is 57.6. The Bertz CT molecular complexity index is 2040. The molecule has 0 fully saturated rings. The van der Waals surface area contributed by atoms with E-state index in [2.05, 4.69) is 67.9 Å². The zero-order valence-electron chi connectivity index (χ0n) is 47.8. The van der Waals surface area contributed by atoms with Gasteiger partial charge in [0.2, 0.25) is 0 Å². The number of aliphatic hydroxyl groups is 1. The first-order chi connectivity index (χ1) is 39.0. The highest BCUT2D eigenvalue weighted by molar-refractivity contribution is 7.47. The minimum atomic E-state index is -5.01. The fraction of sp³-hybridized carbons (Fsp3) is 1.00. The van der Waals surface area contributed by atoms with Crippen LogP contribution in [0.2, 0.25) is 0 Å². The molecule has 0 aliphatic carbocycles. The van der Waals surface area contributed by atoms with Crippen LogP contribution in [-0.2, 0) is 118 Å². The molecule has 0 bridgehead atoms. The Labute approximate surface area is 501 Å². The topological polar surface area (TPSA) is 742 Å². The molecule has 0 aromatic carbocycles. The largest absolute Gasteiger partial charge is 0.756 e. The summed E-state index contributed by atoms with van der Waals surface area (Å²) < 4.78 is 179. The van der Waals surface area contributed by atoms with Crippen LogP contribution in [0.1, 0.15) is 81.6 Å². The molecule has 0 heterocycles. The lowest BCUT2D eigenvalue weighted by atomic mass is 10.1. The summed E-state index contributed by atoms with van der Waals surface area (Å²) in [6, 6.07) is 0. The molecule has 0 amide bonds. The number of rotatable bonds is 41. The second-order valence-electron chi connectivity index (χ2n) is 14.4. The van der Waals surface area contributed by atoms with Gasteiger partial charge < -0.3 is 161 Å². The summed E-state index contributed by atoms with van der Waals surface area (Å²) in [5.41, 5.74) is 0. The minimum Gasteiger partial charge on any atom is -0.756 e.